The summed E-state index contributed by atoms with van der Waals surface area (Å²) < 4.78 is 27.9. The van der Waals surface area contributed by atoms with Gasteiger partial charge >= 0.3 is 0 Å². The third kappa shape index (κ3) is 3.48. The van der Waals surface area contributed by atoms with Crippen molar-refractivity contribution in [2.45, 2.75) is 0 Å². The molecule has 0 atom stereocenters. The maximum atomic E-state index is 11.9. The van der Waals surface area contributed by atoms with Crippen LogP contribution in [0.1, 0.15) is 5.56 Å². The van der Waals surface area contributed by atoms with Gasteiger partial charge in [-0.25, -0.2) is 8.42 Å². The maximum absolute atomic E-state index is 11.9. The minimum Gasteiger partial charge on any atom is -0.482 e. The minimum atomic E-state index is -3.00. The first-order chi connectivity index (χ1) is 9.52. The molecule has 1 amide bonds. The molecule has 1 fully saturated rings. The van der Waals surface area contributed by atoms with Crippen LogP contribution < -0.4 is 4.74 Å². The molecule has 106 valence electrons. The van der Waals surface area contributed by atoms with E-state index in [-0.39, 0.29) is 37.1 Å². The predicted molar refractivity (Wildman–Crippen MR) is 71.9 cm³/mol. The van der Waals surface area contributed by atoms with Gasteiger partial charge in [0.1, 0.15) is 11.8 Å². The molecule has 0 aliphatic carbocycles. The van der Waals surface area contributed by atoms with E-state index in [2.05, 4.69) is 0 Å². The Hall–Kier alpha value is -2.07. The summed E-state index contributed by atoms with van der Waals surface area (Å²) in [5.41, 5.74) is 0.363. The number of carbonyl (C=O) groups excluding carboxylic acids is 1. The first kappa shape index (κ1) is 14.3. The highest BCUT2D eigenvalue weighted by molar-refractivity contribution is 7.91. The van der Waals surface area contributed by atoms with Crippen molar-refractivity contribution in [2.75, 3.05) is 31.2 Å². The third-order valence-electron chi connectivity index (χ3n) is 3.06. The van der Waals surface area contributed by atoms with E-state index in [1.54, 1.807) is 24.3 Å². The summed E-state index contributed by atoms with van der Waals surface area (Å²) in [4.78, 5) is 13.4. The van der Waals surface area contributed by atoms with Crippen molar-refractivity contribution in [1.29, 1.82) is 5.26 Å². The smallest absolute Gasteiger partial charge is 0.260 e. The number of benzene rings is 1. The summed E-state index contributed by atoms with van der Waals surface area (Å²) in [5.74, 6) is 0.0711. The Morgan fingerprint density at radius 3 is 2.60 bits per heavy atom. The number of hydrogen-bond acceptors (Lipinski definition) is 5. The average Bonchev–Trinajstić information content (AvgIpc) is 2.45. The lowest BCUT2D eigenvalue weighted by atomic mass is 10.2. The lowest BCUT2D eigenvalue weighted by molar-refractivity contribution is -0.133. The monoisotopic (exact) mass is 294 g/mol. The fourth-order valence-corrected chi connectivity index (χ4v) is 3.08. The van der Waals surface area contributed by atoms with E-state index in [0.29, 0.717) is 11.3 Å². The van der Waals surface area contributed by atoms with Gasteiger partial charge in [-0.2, -0.15) is 5.26 Å². The van der Waals surface area contributed by atoms with Crippen LogP contribution in [0.5, 0.6) is 5.75 Å². The largest absolute Gasteiger partial charge is 0.482 e. The number of nitrogens with zero attached hydrogens (tertiary/aromatic N) is 2. The second-order valence-corrected chi connectivity index (χ2v) is 6.73. The first-order valence-corrected chi connectivity index (χ1v) is 7.94. The molecule has 0 N–H and O–H groups in total. The van der Waals surface area contributed by atoms with Gasteiger partial charge in [-0.15, -0.1) is 0 Å². The van der Waals surface area contributed by atoms with Crippen molar-refractivity contribution in [3.8, 4) is 11.8 Å². The van der Waals surface area contributed by atoms with Crippen LogP contribution in [0, 0.1) is 11.3 Å². The minimum absolute atomic E-state index is 0.00643. The van der Waals surface area contributed by atoms with Gasteiger partial charge in [0, 0.05) is 13.1 Å². The number of ether oxygens (including phenoxy) is 1. The van der Waals surface area contributed by atoms with E-state index in [1.165, 1.54) is 4.90 Å². The highest BCUT2D eigenvalue weighted by Crippen LogP contribution is 2.16. The standard InChI is InChI=1S/C13H14N2O4S/c14-9-11-3-1-2-4-12(11)19-10-13(16)15-5-7-20(17,18)8-6-15/h1-4H,5-8,10H2. The third-order valence-corrected chi connectivity index (χ3v) is 4.66. The Balaban J connectivity index is 1.92. The van der Waals surface area contributed by atoms with Gasteiger partial charge in [-0.05, 0) is 12.1 Å². The molecule has 0 unspecified atom stereocenters. The number of para-hydroxylation sites is 1. The summed E-state index contributed by atoms with van der Waals surface area (Å²) in [6, 6.07) is 8.63. The second-order valence-electron chi connectivity index (χ2n) is 4.43. The van der Waals surface area contributed by atoms with Crippen LogP contribution in [0.15, 0.2) is 24.3 Å². The highest BCUT2D eigenvalue weighted by Gasteiger charge is 2.25. The van der Waals surface area contributed by atoms with Gasteiger partial charge in [0.15, 0.2) is 16.4 Å². The Kier molecular flexibility index (Phi) is 4.25. The fraction of sp³-hybridized carbons (Fsp3) is 0.385. The van der Waals surface area contributed by atoms with Crippen molar-refractivity contribution < 1.29 is 17.9 Å². The number of nitriles is 1. The Morgan fingerprint density at radius 1 is 1.30 bits per heavy atom. The molecule has 1 aromatic carbocycles. The summed E-state index contributed by atoms with van der Waals surface area (Å²) in [6.07, 6.45) is 0. The summed E-state index contributed by atoms with van der Waals surface area (Å²) in [7, 11) is -3.00. The molecular formula is C13H14N2O4S. The summed E-state index contributed by atoms with van der Waals surface area (Å²) >= 11 is 0. The number of rotatable bonds is 3. The molecule has 6 nitrogen and oxygen atoms in total. The normalized spacial score (nSPS) is 17.2. The summed E-state index contributed by atoms with van der Waals surface area (Å²) in [5, 5.41) is 8.90. The molecule has 1 heterocycles. The van der Waals surface area contributed by atoms with Gasteiger partial charge < -0.3 is 9.64 Å². The van der Waals surface area contributed by atoms with Gasteiger partial charge in [-0.1, -0.05) is 12.1 Å². The van der Waals surface area contributed by atoms with Gasteiger partial charge in [0.05, 0.1) is 17.1 Å². The number of amides is 1. The molecule has 7 heteroatoms. The van der Waals surface area contributed by atoms with Crippen molar-refractivity contribution >= 4 is 15.7 Å². The number of sulfone groups is 1. The van der Waals surface area contributed by atoms with E-state index in [0.717, 1.165) is 0 Å². The van der Waals surface area contributed by atoms with Crippen LogP contribution in [0.4, 0.5) is 0 Å². The lowest BCUT2D eigenvalue weighted by Gasteiger charge is -2.26. The van der Waals surface area contributed by atoms with Crippen LogP contribution in [-0.2, 0) is 14.6 Å². The number of hydrogen-bond donors (Lipinski definition) is 0. The van der Waals surface area contributed by atoms with E-state index in [4.69, 9.17) is 10.00 Å². The Morgan fingerprint density at radius 2 is 1.95 bits per heavy atom. The van der Waals surface area contributed by atoms with E-state index in [1.807, 2.05) is 6.07 Å². The van der Waals surface area contributed by atoms with E-state index >= 15 is 0 Å². The Labute approximate surface area is 117 Å². The molecular weight excluding hydrogens is 280 g/mol. The first-order valence-electron chi connectivity index (χ1n) is 6.12. The zero-order valence-corrected chi connectivity index (χ0v) is 11.6. The lowest BCUT2D eigenvalue weighted by Crippen LogP contribution is -2.45. The molecule has 20 heavy (non-hydrogen) atoms. The molecule has 1 aliphatic heterocycles. The number of carbonyl (C=O) groups is 1. The molecule has 0 saturated carbocycles. The van der Waals surface area contributed by atoms with Crippen molar-refractivity contribution in [3.63, 3.8) is 0 Å². The maximum Gasteiger partial charge on any atom is 0.260 e. The summed E-state index contributed by atoms with van der Waals surface area (Å²) in [6.45, 7) is 0.202. The van der Waals surface area contributed by atoms with Crippen molar-refractivity contribution in [3.05, 3.63) is 29.8 Å². The molecule has 0 bridgehead atoms. The van der Waals surface area contributed by atoms with E-state index < -0.39 is 9.84 Å². The molecule has 1 aromatic rings. The van der Waals surface area contributed by atoms with Crippen LogP contribution >= 0.6 is 0 Å². The molecule has 2 rings (SSSR count). The van der Waals surface area contributed by atoms with Crippen molar-refractivity contribution in [1.82, 2.24) is 4.90 Å². The fourth-order valence-electron chi connectivity index (χ4n) is 1.88. The topological polar surface area (TPSA) is 87.5 Å². The average molecular weight is 294 g/mol. The van der Waals surface area contributed by atoms with Crippen molar-refractivity contribution in [2.24, 2.45) is 0 Å². The molecule has 1 saturated heterocycles. The van der Waals surface area contributed by atoms with Gasteiger partial charge in [0.25, 0.3) is 5.91 Å². The molecule has 0 radical (unpaired) electrons. The predicted octanol–water partition coefficient (Wildman–Crippen LogP) is 0.194. The zero-order valence-electron chi connectivity index (χ0n) is 10.8. The molecule has 0 aromatic heterocycles. The van der Waals surface area contributed by atoms with Crippen LogP contribution in [0.25, 0.3) is 0 Å². The second kappa shape index (κ2) is 5.92. The SMILES string of the molecule is N#Cc1ccccc1OCC(=O)N1CCS(=O)(=O)CC1. The quantitative estimate of drug-likeness (QED) is 0.794. The van der Waals surface area contributed by atoms with Crippen LogP contribution in [0.3, 0.4) is 0 Å². The molecule has 1 aliphatic rings. The Bertz CT molecular complexity index is 635. The van der Waals surface area contributed by atoms with Crippen LogP contribution in [0.2, 0.25) is 0 Å². The van der Waals surface area contributed by atoms with Gasteiger partial charge in [0.2, 0.25) is 0 Å². The van der Waals surface area contributed by atoms with E-state index in [9.17, 15) is 13.2 Å². The van der Waals surface area contributed by atoms with Crippen LogP contribution in [-0.4, -0.2) is 50.4 Å². The zero-order chi connectivity index (χ0) is 14.6. The highest BCUT2D eigenvalue weighted by atomic mass is 32.2. The molecule has 0 spiro atoms. The van der Waals surface area contributed by atoms with Gasteiger partial charge in [-0.3, -0.25) is 4.79 Å².